The topological polar surface area (TPSA) is 226 Å². The summed E-state index contributed by atoms with van der Waals surface area (Å²) in [5.74, 6) is -3.18. The Kier molecular flexibility index (Phi) is 10.1. The fourth-order valence-corrected chi connectivity index (χ4v) is 3.21. The Morgan fingerprint density at radius 1 is 1.19 bits per heavy atom. The van der Waals surface area contributed by atoms with Gasteiger partial charge >= 0.3 is 5.97 Å². The SMILES string of the molecule is C[C@H](N)C(=O)N[C@@H](CCCN=C(N)N)C(=O)N1CCC[C@H]1C(=O)N[C@H](C(=O)O)[C@@H](C)O. The summed E-state index contributed by atoms with van der Waals surface area (Å²) in [6.07, 6.45) is 0.135. The molecule has 0 radical (unpaired) electrons. The lowest BCUT2D eigenvalue weighted by molar-refractivity contribution is -0.147. The van der Waals surface area contributed by atoms with Gasteiger partial charge in [-0.25, -0.2) is 4.79 Å². The maximum absolute atomic E-state index is 13.1. The molecular formula is C18H33N7O6. The second-order valence-corrected chi connectivity index (χ2v) is 7.55. The van der Waals surface area contributed by atoms with E-state index in [1.807, 2.05) is 0 Å². The molecule has 3 amide bonds. The molecule has 1 heterocycles. The number of aliphatic hydroxyl groups excluding tert-OH is 1. The Bertz CT molecular complexity index is 693. The van der Waals surface area contributed by atoms with Crippen molar-refractivity contribution in [1.82, 2.24) is 15.5 Å². The normalized spacial score (nSPS) is 19.6. The number of likely N-dealkylation sites (tertiary alicyclic amines) is 1. The number of nitrogens with one attached hydrogen (secondary N) is 2. The number of aliphatic carboxylic acids is 1. The molecule has 0 bridgehead atoms. The van der Waals surface area contributed by atoms with Crippen LogP contribution in [0.25, 0.3) is 0 Å². The molecule has 1 saturated heterocycles. The molecule has 10 N–H and O–H groups in total. The maximum Gasteiger partial charge on any atom is 0.328 e. The summed E-state index contributed by atoms with van der Waals surface area (Å²) in [5, 5.41) is 23.6. The second-order valence-electron chi connectivity index (χ2n) is 7.55. The zero-order valence-corrected chi connectivity index (χ0v) is 17.8. The molecule has 1 aliphatic rings. The summed E-state index contributed by atoms with van der Waals surface area (Å²) in [4.78, 5) is 54.3. The summed E-state index contributed by atoms with van der Waals surface area (Å²) in [6, 6.07) is -4.21. The van der Waals surface area contributed by atoms with Crippen LogP contribution in [0, 0.1) is 0 Å². The highest BCUT2D eigenvalue weighted by Gasteiger charge is 2.39. The van der Waals surface area contributed by atoms with Gasteiger partial charge in [0.25, 0.3) is 0 Å². The first kappa shape index (κ1) is 26.1. The van der Waals surface area contributed by atoms with Crippen molar-refractivity contribution in [1.29, 1.82) is 0 Å². The number of carboxylic acid groups (broad SMARTS) is 1. The third-order valence-corrected chi connectivity index (χ3v) is 4.86. The molecular weight excluding hydrogens is 410 g/mol. The molecule has 0 aromatic heterocycles. The summed E-state index contributed by atoms with van der Waals surface area (Å²) in [5.41, 5.74) is 16.2. The van der Waals surface area contributed by atoms with Crippen molar-refractivity contribution in [3.63, 3.8) is 0 Å². The number of nitrogens with zero attached hydrogens (tertiary/aromatic N) is 2. The zero-order chi connectivity index (χ0) is 23.7. The van der Waals surface area contributed by atoms with Crippen molar-refractivity contribution >= 4 is 29.7 Å². The average Bonchev–Trinajstić information content (AvgIpc) is 3.16. The van der Waals surface area contributed by atoms with Crippen LogP contribution < -0.4 is 27.8 Å². The Labute approximate surface area is 180 Å². The van der Waals surface area contributed by atoms with Gasteiger partial charge in [0.1, 0.15) is 12.1 Å². The fourth-order valence-electron chi connectivity index (χ4n) is 3.21. The molecule has 0 aromatic rings. The third-order valence-electron chi connectivity index (χ3n) is 4.86. The van der Waals surface area contributed by atoms with Crippen LogP contribution in [0.5, 0.6) is 0 Å². The van der Waals surface area contributed by atoms with Crippen molar-refractivity contribution in [2.45, 2.75) is 69.8 Å². The van der Waals surface area contributed by atoms with Gasteiger partial charge in [0.15, 0.2) is 12.0 Å². The molecule has 1 rings (SSSR count). The van der Waals surface area contributed by atoms with Crippen LogP contribution in [0.2, 0.25) is 0 Å². The summed E-state index contributed by atoms with van der Waals surface area (Å²) in [7, 11) is 0. The van der Waals surface area contributed by atoms with E-state index in [9.17, 15) is 24.3 Å². The predicted molar refractivity (Wildman–Crippen MR) is 111 cm³/mol. The lowest BCUT2D eigenvalue weighted by atomic mass is 10.1. The molecule has 5 atom stereocenters. The van der Waals surface area contributed by atoms with Crippen LogP contribution >= 0.6 is 0 Å². The van der Waals surface area contributed by atoms with E-state index in [1.54, 1.807) is 0 Å². The minimum Gasteiger partial charge on any atom is -0.480 e. The van der Waals surface area contributed by atoms with E-state index >= 15 is 0 Å². The summed E-state index contributed by atoms with van der Waals surface area (Å²) in [6.45, 7) is 3.23. The number of aliphatic hydroxyl groups is 1. The summed E-state index contributed by atoms with van der Waals surface area (Å²) >= 11 is 0. The zero-order valence-electron chi connectivity index (χ0n) is 17.8. The van der Waals surface area contributed by atoms with E-state index in [-0.39, 0.29) is 25.5 Å². The minimum absolute atomic E-state index is 0.0927. The largest absolute Gasteiger partial charge is 0.480 e. The smallest absolute Gasteiger partial charge is 0.328 e. The lowest BCUT2D eigenvalue weighted by Gasteiger charge is -2.30. The molecule has 31 heavy (non-hydrogen) atoms. The van der Waals surface area contributed by atoms with Gasteiger partial charge in [0.2, 0.25) is 17.7 Å². The minimum atomic E-state index is -1.50. The van der Waals surface area contributed by atoms with Gasteiger partial charge in [-0.3, -0.25) is 19.4 Å². The number of guanidine groups is 1. The van der Waals surface area contributed by atoms with Crippen LogP contribution in [0.15, 0.2) is 4.99 Å². The van der Waals surface area contributed by atoms with E-state index in [0.29, 0.717) is 19.3 Å². The van der Waals surface area contributed by atoms with Crippen molar-refractivity contribution in [3.05, 3.63) is 0 Å². The van der Waals surface area contributed by atoms with Crippen LogP contribution in [-0.2, 0) is 19.2 Å². The lowest BCUT2D eigenvalue weighted by Crippen LogP contribution is -2.57. The highest BCUT2D eigenvalue weighted by Crippen LogP contribution is 2.20. The van der Waals surface area contributed by atoms with Crippen molar-refractivity contribution in [2.24, 2.45) is 22.2 Å². The molecule has 0 saturated carbocycles. The second kappa shape index (κ2) is 12.1. The number of rotatable bonds is 11. The average molecular weight is 444 g/mol. The molecule has 1 aliphatic heterocycles. The molecule has 176 valence electrons. The molecule has 0 aliphatic carbocycles. The standard InChI is InChI=1S/C18H33N7O6/c1-9(19)14(27)23-11(5-3-7-22-18(20)21)16(29)25-8-4-6-12(25)15(28)24-13(10(2)26)17(30)31/h9-13,26H,3-8,19H2,1-2H3,(H,23,27)(H,24,28)(H,30,31)(H4,20,21,22)/t9-,10+,11-,12-,13-/m0/s1. The van der Waals surface area contributed by atoms with Gasteiger partial charge in [-0.2, -0.15) is 0 Å². The number of carbonyl (C=O) groups is 4. The number of aliphatic imine (C=N–C) groups is 1. The van der Waals surface area contributed by atoms with Gasteiger partial charge in [0, 0.05) is 13.1 Å². The first-order valence-corrected chi connectivity index (χ1v) is 10.1. The molecule has 0 aromatic carbocycles. The highest BCUT2D eigenvalue weighted by molar-refractivity contribution is 5.94. The van der Waals surface area contributed by atoms with E-state index in [4.69, 9.17) is 22.3 Å². The number of amides is 3. The van der Waals surface area contributed by atoms with Gasteiger partial charge in [-0.1, -0.05) is 0 Å². The first-order chi connectivity index (χ1) is 14.5. The molecule has 1 fully saturated rings. The van der Waals surface area contributed by atoms with Crippen LogP contribution in [0.1, 0.15) is 39.5 Å². The number of hydrogen-bond acceptors (Lipinski definition) is 7. The number of nitrogens with two attached hydrogens (primary N) is 3. The summed E-state index contributed by atoms with van der Waals surface area (Å²) < 4.78 is 0. The monoisotopic (exact) mass is 443 g/mol. The third kappa shape index (κ3) is 8.02. The Balaban J connectivity index is 2.93. The van der Waals surface area contributed by atoms with Crippen LogP contribution in [-0.4, -0.2) is 88.1 Å². The predicted octanol–water partition coefficient (Wildman–Crippen LogP) is -3.19. The van der Waals surface area contributed by atoms with Crippen LogP contribution in [0.3, 0.4) is 0 Å². The van der Waals surface area contributed by atoms with Gasteiger partial charge < -0.3 is 42.9 Å². The number of carboxylic acids is 1. The number of hydrogen-bond donors (Lipinski definition) is 7. The Hall–Kier alpha value is -2.93. The molecule has 13 nitrogen and oxygen atoms in total. The van der Waals surface area contributed by atoms with Gasteiger partial charge in [0.05, 0.1) is 12.1 Å². The van der Waals surface area contributed by atoms with Crippen molar-refractivity contribution in [3.8, 4) is 0 Å². The molecule has 0 spiro atoms. The maximum atomic E-state index is 13.1. The number of carbonyl (C=O) groups excluding carboxylic acids is 3. The van der Waals surface area contributed by atoms with Crippen molar-refractivity contribution in [2.75, 3.05) is 13.1 Å². The van der Waals surface area contributed by atoms with E-state index in [0.717, 1.165) is 0 Å². The highest BCUT2D eigenvalue weighted by atomic mass is 16.4. The quantitative estimate of drug-likeness (QED) is 0.0968. The van der Waals surface area contributed by atoms with Gasteiger partial charge in [-0.15, -0.1) is 0 Å². The Morgan fingerprint density at radius 2 is 1.84 bits per heavy atom. The Morgan fingerprint density at radius 3 is 2.35 bits per heavy atom. The molecule has 0 unspecified atom stereocenters. The van der Waals surface area contributed by atoms with Crippen molar-refractivity contribution < 1.29 is 29.4 Å². The van der Waals surface area contributed by atoms with Gasteiger partial charge in [-0.05, 0) is 39.5 Å². The van der Waals surface area contributed by atoms with E-state index < -0.39 is 54.0 Å². The first-order valence-electron chi connectivity index (χ1n) is 10.1. The van der Waals surface area contributed by atoms with E-state index in [2.05, 4.69) is 15.6 Å². The molecule has 13 heteroatoms. The fraction of sp³-hybridized carbons (Fsp3) is 0.722. The van der Waals surface area contributed by atoms with Crippen LogP contribution in [0.4, 0.5) is 0 Å². The van der Waals surface area contributed by atoms with E-state index in [1.165, 1.54) is 18.7 Å².